The molecule has 0 spiro atoms. The van der Waals surface area contributed by atoms with Gasteiger partial charge in [-0.15, -0.1) is 0 Å². The van der Waals surface area contributed by atoms with Crippen LogP contribution >= 0.6 is 0 Å². The second kappa shape index (κ2) is 12.7. The quantitative estimate of drug-likeness (QED) is 0.275. The molecular formula is C31H38N4O6. The lowest BCUT2D eigenvalue weighted by atomic mass is 10.1. The summed E-state index contributed by atoms with van der Waals surface area (Å²) in [5.74, 6) is 3.52. The van der Waals surface area contributed by atoms with E-state index < -0.39 is 0 Å². The SMILES string of the molecule is COc1cc2ccc(CN3CCCN(Cc4ccc5cc(OC)c(OC)c(OC)c5n4)CC3)nc2c(OC)c1OC. The second-order valence-corrected chi connectivity index (χ2v) is 9.95. The third-order valence-corrected chi connectivity index (χ3v) is 7.54. The third-order valence-electron chi connectivity index (χ3n) is 7.54. The van der Waals surface area contributed by atoms with Gasteiger partial charge >= 0.3 is 0 Å². The molecule has 4 aromatic rings. The zero-order valence-electron chi connectivity index (χ0n) is 24.7. The van der Waals surface area contributed by atoms with Crippen LogP contribution in [0.2, 0.25) is 0 Å². The number of aromatic nitrogens is 2. The first kappa shape index (κ1) is 28.5. The van der Waals surface area contributed by atoms with E-state index in [1.807, 2.05) is 12.1 Å². The van der Waals surface area contributed by atoms with Gasteiger partial charge < -0.3 is 28.4 Å². The Morgan fingerprint density at radius 1 is 0.537 bits per heavy atom. The van der Waals surface area contributed by atoms with Crippen LogP contribution in [-0.2, 0) is 13.1 Å². The minimum absolute atomic E-state index is 0.551. The molecule has 1 aliphatic rings. The van der Waals surface area contributed by atoms with Gasteiger partial charge in [-0.05, 0) is 43.8 Å². The van der Waals surface area contributed by atoms with Crippen LogP contribution < -0.4 is 28.4 Å². The monoisotopic (exact) mass is 562 g/mol. The number of fused-ring (bicyclic) bond motifs is 2. The molecule has 1 aliphatic heterocycles. The molecular weight excluding hydrogens is 524 g/mol. The average molecular weight is 563 g/mol. The molecule has 2 aromatic heterocycles. The first-order valence-electron chi connectivity index (χ1n) is 13.6. The highest BCUT2D eigenvalue weighted by Gasteiger charge is 2.21. The lowest BCUT2D eigenvalue weighted by molar-refractivity contribution is 0.244. The molecule has 0 atom stereocenters. The summed E-state index contributed by atoms with van der Waals surface area (Å²) < 4.78 is 33.5. The van der Waals surface area contributed by atoms with E-state index in [1.165, 1.54) is 0 Å². The second-order valence-electron chi connectivity index (χ2n) is 9.95. The number of hydrogen-bond acceptors (Lipinski definition) is 10. The summed E-state index contributed by atoms with van der Waals surface area (Å²) in [5, 5.41) is 1.89. The first-order chi connectivity index (χ1) is 20.0. The molecule has 1 fully saturated rings. The van der Waals surface area contributed by atoms with E-state index in [0.717, 1.165) is 78.9 Å². The summed E-state index contributed by atoms with van der Waals surface area (Å²) in [6, 6.07) is 12.1. The summed E-state index contributed by atoms with van der Waals surface area (Å²) in [6.45, 7) is 5.38. The molecule has 10 heteroatoms. The van der Waals surface area contributed by atoms with E-state index in [4.69, 9.17) is 38.4 Å². The van der Waals surface area contributed by atoms with Gasteiger partial charge in [0, 0.05) is 37.0 Å². The maximum atomic E-state index is 5.68. The lowest BCUT2D eigenvalue weighted by Crippen LogP contribution is -2.30. The van der Waals surface area contributed by atoms with Crippen molar-refractivity contribution in [2.24, 2.45) is 0 Å². The molecule has 0 unspecified atom stereocenters. The van der Waals surface area contributed by atoms with Crippen LogP contribution in [0.5, 0.6) is 34.5 Å². The fourth-order valence-corrected chi connectivity index (χ4v) is 5.51. The van der Waals surface area contributed by atoms with Gasteiger partial charge in [-0.25, -0.2) is 9.97 Å². The van der Waals surface area contributed by atoms with Crippen LogP contribution in [0, 0.1) is 0 Å². The Bertz CT molecular complexity index is 1420. The van der Waals surface area contributed by atoms with Gasteiger partial charge in [-0.3, -0.25) is 9.80 Å². The molecule has 0 amide bonds. The van der Waals surface area contributed by atoms with Gasteiger partial charge in [0.05, 0.1) is 54.0 Å². The molecule has 10 nitrogen and oxygen atoms in total. The zero-order chi connectivity index (χ0) is 28.9. The summed E-state index contributed by atoms with van der Waals surface area (Å²) in [5.41, 5.74) is 3.52. The van der Waals surface area contributed by atoms with Crippen LogP contribution in [0.25, 0.3) is 21.8 Å². The molecule has 5 rings (SSSR count). The van der Waals surface area contributed by atoms with Crippen LogP contribution in [0.3, 0.4) is 0 Å². The van der Waals surface area contributed by atoms with Crippen molar-refractivity contribution in [2.45, 2.75) is 19.5 Å². The molecule has 0 N–H and O–H groups in total. The van der Waals surface area contributed by atoms with E-state index in [2.05, 4.69) is 34.1 Å². The lowest BCUT2D eigenvalue weighted by Gasteiger charge is -2.22. The maximum absolute atomic E-state index is 5.68. The Balaban J connectivity index is 1.30. The predicted molar refractivity (Wildman–Crippen MR) is 158 cm³/mol. The molecule has 0 bridgehead atoms. The summed E-state index contributed by atoms with van der Waals surface area (Å²) in [7, 11) is 9.71. The Hall–Kier alpha value is -4.02. The van der Waals surface area contributed by atoms with Crippen molar-refractivity contribution in [3.05, 3.63) is 47.8 Å². The summed E-state index contributed by atoms with van der Waals surface area (Å²) >= 11 is 0. The van der Waals surface area contributed by atoms with Gasteiger partial charge in [0.1, 0.15) is 11.0 Å². The van der Waals surface area contributed by atoms with Crippen molar-refractivity contribution in [3.63, 3.8) is 0 Å². The zero-order valence-corrected chi connectivity index (χ0v) is 24.7. The maximum Gasteiger partial charge on any atom is 0.205 e. The van der Waals surface area contributed by atoms with Crippen LogP contribution in [0.15, 0.2) is 36.4 Å². The van der Waals surface area contributed by atoms with Gasteiger partial charge in [0.25, 0.3) is 0 Å². The molecule has 0 saturated carbocycles. The molecule has 3 heterocycles. The van der Waals surface area contributed by atoms with Crippen LogP contribution in [0.1, 0.15) is 17.8 Å². The Kier molecular flexibility index (Phi) is 8.80. The van der Waals surface area contributed by atoms with Crippen molar-refractivity contribution < 1.29 is 28.4 Å². The van der Waals surface area contributed by atoms with E-state index in [-0.39, 0.29) is 0 Å². The Labute approximate surface area is 240 Å². The van der Waals surface area contributed by atoms with Crippen molar-refractivity contribution in [3.8, 4) is 34.5 Å². The number of ether oxygens (including phenoxy) is 6. The van der Waals surface area contributed by atoms with E-state index >= 15 is 0 Å². The smallest absolute Gasteiger partial charge is 0.205 e. The van der Waals surface area contributed by atoms with Crippen molar-refractivity contribution in [1.29, 1.82) is 0 Å². The minimum Gasteiger partial charge on any atom is -0.493 e. The van der Waals surface area contributed by atoms with E-state index in [9.17, 15) is 0 Å². The predicted octanol–water partition coefficient (Wildman–Crippen LogP) is 4.54. The minimum atomic E-state index is 0.551. The largest absolute Gasteiger partial charge is 0.493 e. The van der Waals surface area contributed by atoms with Gasteiger partial charge in [0.2, 0.25) is 11.5 Å². The number of benzene rings is 2. The number of hydrogen-bond donors (Lipinski definition) is 0. The first-order valence-corrected chi connectivity index (χ1v) is 13.6. The summed E-state index contributed by atoms with van der Waals surface area (Å²) in [4.78, 5) is 14.8. The normalized spacial score (nSPS) is 14.6. The molecule has 2 aromatic carbocycles. The highest BCUT2D eigenvalue weighted by molar-refractivity contribution is 5.90. The van der Waals surface area contributed by atoms with Gasteiger partial charge in [-0.1, -0.05) is 12.1 Å². The van der Waals surface area contributed by atoms with Crippen molar-refractivity contribution in [1.82, 2.24) is 19.8 Å². The van der Waals surface area contributed by atoms with E-state index in [0.29, 0.717) is 34.5 Å². The topological polar surface area (TPSA) is 87.6 Å². The fraction of sp³-hybridized carbons (Fsp3) is 0.419. The fourth-order valence-electron chi connectivity index (χ4n) is 5.51. The van der Waals surface area contributed by atoms with Gasteiger partial charge in [-0.2, -0.15) is 0 Å². The Morgan fingerprint density at radius 3 is 1.32 bits per heavy atom. The molecule has 0 radical (unpaired) electrons. The molecule has 218 valence electrons. The highest BCUT2D eigenvalue weighted by Crippen LogP contribution is 2.43. The highest BCUT2D eigenvalue weighted by atomic mass is 16.5. The molecule has 41 heavy (non-hydrogen) atoms. The van der Waals surface area contributed by atoms with Crippen LogP contribution in [-0.4, -0.2) is 88.6 Å². The Morgan fingerprint density at radius 2 is 0.951 bits per heavy atom. The van der Waals surface area contributed by atoms with E-state index in [1.54, 1.807) is 42.7 Å². The van der Waals surface area contributed by atoms with Crippen LogP contribution in [0.4, 0.5) is 0 Å². The van der Waals surface area contributed by atoms with Crippen molar-refractivity contribution in [2.75, 3.05) is 68.8 Å². The van der Waals surface area contributed by atoms with Gasteiger partial charge in [0.15, 0.2) is 23.0 Å². The van der Waals surface area contributed by atoms with Crippen molar-refractivity contribution >= 4 is 21.8 Å². The molecule has 0 aliphatic carbocycles. The average Bonchev–Trinajstić information content (AvgIpc) is 3.23. The number of rotatable bonds is 10. The summed E-state index contributed by atoms with van der Waals surface area (Å²) in [6.07, 6.45) is 1.06. The number of nitrogens with zero attached hydrogens (tertiary/aromatic N) is 4. The third kappa shape index (κ3) is 5.75. The number of pyridine rings is 2. The standard InChI is InChI=1S/C31H38N4O6/c1-36-24-16-20-8-10-22(32-26(20)30(40-5)28(24)38-3)18-34-12-7-13-35(15-14-34)19-23-11-9-21-17-25(37-2)29(39-4)31(41-6)27(21)33-23/h8-11,16-17H,7,12-15,18-19H2,1-6H3. The molecule has 1 saturated heterocycles. The number of methoxy groups -OCH3 is 6.